The minimum atomic E-state index is -0.553. The molecule has 1 amide bonds. The molecule has 6 nitrogen and oxygen atoms in total. The van der Waals surface area contributed by atoms with Crippen LogP contribution in [0.4, 0.5) is 11.4 Å². The summed E-state index contributed by atoms with van der Waals surface area (Å²) in [5.41, 5.74) is 1.73. The van der Waals surface area contributed by atoms with Crippen molar-refractivity contribution in [1.82, 2.24) is 4.90 Å². The summed E-state index contributed by atoms with van der Waals surface area (Å²) in [6.07, 6.45) is 3.80. The second-order valence-electron chi connectivity index (χ2n) is 6.41. The van der Waals surface area contributed by atoms with E-state index in [4.69, 9.17) is 11.6 Å². The van der Waals surface area contributed by atoms with E-state index >= 15 is 0 Å². The molecule has 0 bridgehead atoms. The van der Waals surface area contributed by atoms with Crippen LogP contribution in [0.1, 0.15) is 35.2 Å². The number of likely N-dealkylation sites (tertiary alicyclic amines) is 1. The van der Waals surface area contributed by atoms with Crippen molar-refractivity contribution < 1.29 is 9.72 Å². The van der Waals surface area contributed by atoms with Gasteiger partial charge >= 0.3 is 0 Å². The molecule has 1 aliphatic rings. The molecule has 26 heavy (non-hydrogen) atoms. The molecule has 0 aromatic heterocycles. The van der Waals surface area contributed by atoms with E-state index in [1.54, 1.807) is 0 Å². The number of benzene rings is 2. The third-order valence-corrected chi connectivity index (χ3v) is 4.80. The van der Waals surface area contributed by atoms with Gasteiger partial charge in [-0.05, 0) is 49.7 Å². The van der Waals surface area contributed by atoms with Gasteiger partial charge in [-0.3, -0.25) is 19.8 Å². The summed E-state index contributed by atoms with van der Waals surface area (Å²) in [5.74, 6) is -0.470. The fraction of sp³-hybridized carbons (Fsp3) is 0.316. The van der Waals surface area contributed by atoms with E-state index in [1.165, 1.54) is 43.0 Å². The van der Waals surface area contributed by atoms with Gasteiger partial charge in [0.15, 0.2) is 0 Å². The average Bonchev–Trinajstić information content (AvgIpc) is 2.64. The normalized spacial score (nSPS) is 14.8. The number of nitrogens with one attached hydrogen (secondary N) is 1. The van der Waals surface area contributed by atoms with Gasteiger partial charge in [0.25, 0.3) is 11.6 Å². The third-order valence-electron chi connectivity index (χ3n) is 4.47. The zero-order valence-electron chi connectivity index (χ0n) is 14.3. The van der Waals surface area contributed by atoms with Gasteiger partial charge in [-0.1, -0.05) is 30.2 Å². The van der Waals surface area contributed by atoms with Crippen molar-refractivity contribution in [2.24, 2.45) is 0 Å². The minimum absolute atomic E-state index is 0.0817. The molecular formula is C19H20ClN3O3. The Kier molecular flexibility index (Phi) is 5.85. The summed E-state index contributed by atoms with van der Waals surface area (Å²) in [5, 5.41) is 13.8. The van der Waals surface area contributed by atoms with Crippen molar-refractivity contribution in [3.8, 4) is 0 Å². The van der Waals surface area contributed by atoms with Gasteiger partial charge in [-0.25, -0.2) is 0 Å². The van der Waals surface area contributed by atoms with Crippen molar-refractivity contribution in [2.45, 2.75) is 25.8 Å². The van der Waals surface area contributed by atoms with Gasteiger partial charge < -0.3 is 5.32 Å². The predicted octanol–water partition coefficient (Wildman–Crippen LogP) is 4.49. The molecule has 0 saturated carbocycles. The Morgan fingerprint density at radius 1 is 1.12 bits per heavy atom. The number of carbonyl (C=O) groups is 1. The first-order valence-corrected chi connectivity index (χ1v) is 8.97. The lowest BCUT2D eigenvalue weighted by Gasteiger charge is -2.26. The molecule has 0 aliphatic carbocycles. The van der Waals surface area contributed by atoms with E-state index < -0.39 is 10.8 Å². The molecule has 1 saturated heterocycles. The maximum Gasteiger partial charge on any atom is 0.270 e. The van der Waals surface area contributed by atoms with Crippen LogP contribution in [0.25, 0.3) is 0 Å². The molecule has 7 heteroatoms. The van der Waals surface area contributed by atoms with Crippen LogP contribution in [0, 0.1) is 10.1 Å². The maximum atomic E-state index is 12.4. The van der Waals surface area contributed by atoms with Gasteiger partial charge in [0.2, 0.25) is 0 Å². The number of piperidine rings is 1. The monoisotopic (exact) mass is 373 g/mol. The highest BCUT2D eigenvalue weighted by atomic mass is 35.5. The van der Waals surface area contributed by atoms with Crippen molar-refractivity contribution >= 4 is 28.9 Å². The SMILES string of the molecule is O=C(Nc1ccc(CN2CCCCC2)cc1)c1cc([N+](=O)[O-])ccc1Cl. The number of rotatable bonds is 5. The molecular weight excluding hydrogens is 354 g/mol. The predicted molar refractivity (Wildman–Crippen MR) is 102 cm³/mol. The lowest BCUT2D eigenvalue weighted by molar-refractivity contribution is -0.384. The summed E-state index contributed by atoms with van der Waals surface area (Å²) in [4.78, 5) is 25.1. The average molecular weight is 374 g/mol. The molecule has 0 atom stereocenters. The number of nitro groups is 1. The second-order valence-corrected chi connectivity index (χ2v) is 6.82. The number of hydrogen-bond donors (Lipinski definition) is 1. The first kappa shape index (κ1) is 18.4. The summed E-state index contributed by atoms with van der Waals surface area (Å²) in [6.45, 7) is 3.17. The van der Waals surface area contributed by atoms with Crippen LogP contribution in [0.2, 0.25) is 5.02 Å². The third kappa shape index (κ3) is 4.59. The molecule has 0 spiro atoms. The fourth-order valence-electron chi connectivity index (χ4n) is 3.07. The number of nitro benzene ring substituents is 1. The van der Waals surface area contributed by atoms with Crippen LogP contribution in [0.3, 0.4) is 0 Å². The number of hydrogen-bond acceptors (Lipinski definition) is 4. The zero-order valence-corrected chi connectivity index (χ0v) is 15.0. The van der Waals surface area contributed by atoms with E-state index in [-0.39, 0.29) is 16.3 Å². The number of anilines is 1. The Morgan fingerprint density at radius 2 is 1.81 bits per heavy atom. The van der Waals surface area contributed by atoms with Gasteiger partial charge in [-0.2, -0.15) is 0 Å². The van der Waals surface area contributed by atoms with Crippen LogP contribution >= 0.6 is 11.6 Å². The highest BCUT2D eigenvalue weighted by molar-refractivity contribution is 6.34. The molecule has 1 heterocycles. The fourth-order valence-corrected chi connectivity index (χ4v) is 3.27. The van der Waals surface area contributed by atoms with Crippen LogP contribution in [-0.4, -0.2) is 28.8 Å². The Labute approximate surface area is 156 Å². The summed E-state index contributed by atoms with van der Waals surface area (Å²) >= 11 is 6.01. The molecule has 2 aromatic carbocycles. The molecule has 1 aliphatic heterocycles. The number of carbonyl (C=O) groups excluding carboxylic acids is 1. The molecule has 136 valence electrons. The van der Waals surface area contributed by atoms with Crippen LogP contribution in [0.15, 0.2) is 42.5 Å². The standard InChI is InChI=1S/C19H20ClN3O3/c20-18-9-8-16(23(25)26)12-17(18)19(24)21-15-6-4-14(5-7-15)13-22-10-2-1-3-11-22/h4-9,12H,1-3,10-11,13H2,(H,21,24). The van der Waals surface area contributed by atoms with Crippen LogP contribution < -0.4 is 5.32 Å². The van der Waals surface area contributed by atoms with Crippen molar-refractivity contribution in [3.05, 3.63) is 68.7 Å². The number of amides is 1. The number of halogens is 1. The van der Waals surface area contributed by atoms with Crippen LogP contribution in [-0.2, 0) is 6.54 Å². The largest absolute Gasteiger partial charge is 0.322 e. The first-order valence-electron chi connectivity index (χ1n) is 8.59. The molecule has 1 fully saturated rings. The summed E-state index contributed by atoms with van der Waals surface area (Å²) in [6, 6.07) is 11.5. The first-order chi connectivity index (χ1) is 12.5. The maximum absolute atomic E-state index is 12.4. The molecule has 0 radical (unpaired) electrons. The Morgan fingerprint density at radius 3 is 2.46 bits per heavy atom. The molecule has 2 aromatic rings. The van der Waals surface area contributed by atoms with Crippen molar-refractivity contribution in [2.75, 3.05) is 18.4 Å². The van der Waals surface area contributed by atoms with Crippen LogP contribution in [0.5, 0.6) is 0 Å². The molecule has 1 N–H and O–H groups in total. The van der Waals surface area contributed by atoms with E-state index in [9.17, 15) is 14.9 Å². The minimum Gasteiger partial charge on any atom is -0.322 e. The number of non-ortho nitro benzene ring substituents is 1. The summed E-state index contributed by atoms with van der Waals surface area (Å²) in [7, 11) is 0. The van der Waals surface area contributed by atoms with Gasteiger partial charge in [0, 0.05) is 24.4 Å². The van der Waals surface area contributed by atoms with E-state index in [0.29, 0.717) is 5.69 Å². The highest BCUT2D eigenvalue weighted by Gasteiger charge is 2.16. The van der Waals surface area contributed by atoms with E-state index in [0.717, 1.165) is 19.6 Å². The van der Waals surface area contributed by atoms with Gasteiger partial charge in [-0.15, -0.1) is 0 Å². The van der Waals surface area contributed by atoms with Crippen molar-refractivity contribution in [3.63, 3.8) is 0 Å². The topological polar surface area (TPSA) is 75.5 Å². The van der Waals surface area contributed by atoms with Gasteiger partial charge in [0.05, 0.1) is 15.5 Å². The molecule has 3 rings (SSSR count). The van der Waals surface area contributed by atoms with Gasteiger partial charge in [0.1, 0.15) is 0 Å². The Hall–Kier alpha value is -2.44. The van der Waals surface area contributed by atoms with Crippen molar-refractivity contribution in [1.29, 1.82) is 0 Å². The van der Waals surface area contributed by atoms with E-state index in [1.807, 2.05) is 24.3 Å². The van der Waals surface area contributed by atoms with E-state index in [2.05, 4.69) is 10.2 Å². The second kappa shape index (κ2) is 8.29. The highest BCUT2D eigenvalue weighted by Crippen LogP contribution is 2.23. The lowest BCUT2D eigenvalue weighted by Crippen LogP contribution is -2.29. The molecule has 0 unspecified atom stereocenters. The Bertz CT molecular complexity index is 802. The lowest BCUT2D eigenvalue weighted by atomic mass is 10.1. The number of nitrogens with zero attached hydrogens (tertiary/aromatic N) is 2. The smallest absolute Gasteiger partial charge is 0.270 e. The zero-order chi connectivity index (χ0) is 18.5. The summed E-state index contributed by atoms with van der Waals surface area (Å²) < 4.78 is 0. The quantitative estimate of drug-likeness (QED) is 0.619. The Balaban J connectivity index is 1.66.